The molecule has 1 aliphatic carbocycles. The Balaban J connectivity index is 2.22. The number of aryl methyl sites for hydroxylation is 1. The number of hydrogen-bond donors (Lipinski definition) is 1. The molecule has 6 heteroatoms. The Kier molecular flexibility index (Phi) is 2.50. The van der Waals surface area contributed by atoms with E-state index in [0.29, 0.717) is 23.4 Å². The van der Waals surface area contributed by atoms with Crippen molar-refractivity contribution in [2.24, 2.45) is 0 Å². The number of aromatic amines is 1. The Bertz CT molecular complexity index is 670. The monoisotopic (exact) mass is 246 g/mol. The third-order valence-corrected chi connectivity index (χ3v) is 3.49. The highest BCUT2D eigenvalue weighted by atomic mass is 16.1. The predicted octanol–water partition coefficient (Wildman–Crippen LogP) is 1.11. The molecule has 0 bridgehead atoms. The lowest BCUT2D eigenvalue weighted by molar-refractivity contribution is -0.123. The molecule has 0 saturated heterocycles. The van der Waals surface area contributed by atoms with Gasteiger partial charge in [-0.25, -0.2) is 9.97 Å². The highest BCUT2D eigenvalue weighted by molar-refractivity contribution is 5.85. The van der Waals surface area contributed by atoms with E-state index in [1.165, 1.54) is 6.33 Å². The van der Waals surface area contributed by atoms with Gasteiger partial charge in [-0.2, -0.15) is 0 Å². The smallest absolute Gasteiger partial charge is 0.278 e. The summed E-state index contributed by atoms with van der Waals surface area (Å²) in [5, 5.41) is 0. The van der Waals surface area contributed by atoms with Gasteiger partial charge in [0.1, 0.15) is 5.82 Å². The minimum absolute atomic E-state index is 0.210. The van der Waals surface area contributed by atoms with Crippen LogP contribution in [-0.2, 0) is 4.79 Å². The number of nitrogens with zero attached hydrogens (tertiary/aromatic N) is 3. The van der Waals surface area contributed by atoms with Crippen LogP contribution in [0.25, 0.3) is 11.2 Å². The molecule has 1 saturated carbocycles. The lowest BCUT2D eigenvalue weighted by atomic mass is 9.94. The third kappa shape index (κ3) is 1.56. The zero-order valence-corrected chi connectivity index (χ0v) is 10.1. The maximum absolute atomic E-state index is 12.0. The van der Waals surface area contributed by atoms with Crippen LogP contribution in [0, 0.1) is 6.92 Å². The number of Topliss-reactive ketones (excluding diaryl/α,β-unsaturated/α-hetero) is 1. The molecule has 2 heterocycles. The van der Waals surface area contributed by atoms with Crippen molar-refractivity contribution < 1.29 is 4.79 Å². The molecule has 0 radical (unpaired) electrons. The molecule has 1 unspecified atom stereocenters. The van der Waals surface area contributed by atoms with Crippen LogP contribution in [0.15, 0.2) is 11.1 Å². The van der Waals surface area contributed by atoms with Crippen molar-refractivity contribution in [2.75, 3.05) is 0 Å². The Morgan fingerprint density at radius 3 is 3.00 bits per heavy atom. The fourth-order valence-corrected chi connectivity index (χ4v) is 2.64. The predicted molar refractivity (Wildman–Crippen MR) is 65.4 cm³/mol. The Hall–Kier alpha value is -1.98. The maximum Gasteiger partial charge on any atom is 0.278 e. The first-order chi connectivity index (χ1) is 8.68. The average Bonchev–Trinajstić information content (AvgIpc) is 2.68. The topological polar surface area (TPSA) is 80.6 Å². The fraction of sp³-hybridized carbons (Fsp3) is 0.500. The first-order valence-electron chi connectivity index (χ1n) is 6.13. The molecule has 1 aliphatic rings. The van der Waals surface area contributed by atoms with E-state index >= 15 is 0 Å². The number of imidazole rings is 1. The van der Waals surface area contributed by atoms with Crippen molar-refractivity contribution in [2.45, 2.75) is 38.6 Å². The van der Waals surface area contributed by atoms with Gasteiger partial charge in [-0.1, -0.05) is 6.42 Å². The molecule has 2 aromatic rings. The Morgan fingerprint density at radius 1 is 1.39 bits per heavy atom. The number of rotatable bonds is 1. The van der Waals surface area contributed by atoms with E-state index in [-0.39, 0.29) is 17.4 Å². The number of ketones is 1. The van der Waals surface area contributed by atoms with Crippen molar-refractivity contribution in [3.8, 4) is 0 Å². The number of carbonyl (C=O) groups excluding carboxylic acids is 1. The summed E-state index contributed by atoms with van der Waals surface area (Å²) in [5.74, 6) is 0.889. The van der Waals surface area contributed by atoms with E-state index in [4.69, 9.17) is 0 Å². The average molecular weight is 246 g/mol. The summed E-state index contributed by atoms with van der Waals surface area (Å²) in [6.07, 6.45) is 4.75. The van der Waals surface area contributed by atoms with Crippen molar-refractivity contribution in [1.82, 2.24) is 19.5 Å². The highest BCUT2D eigenvalue weighted by Crippen LogP contribution is 2.28. The summed E-state index contributed by atoms with van der Waals surface area (Å²) in [6.45, 7) is 1.81. The molecule has 0 aromatic carbocycles. The molecule has 1 fully saturated rings. The molecule has 0 spiro atoms. The molecule has 0 aliphatic heterocycles. The molecule has 94 valence electrons. The van der Waals surface area contributed by atoms with E-state index in [0.717, 1.165) is 19.3 Å². The SMILES string of the molecule is Cc1nc2c(=O)[nH]cnc2n1C1CCCCC1=O. The minimum Gasteiger partial charge on any atom is -0.311 e. The van der Waals surface area contributed by atoms with Gasteiger partial charge in [0, 0.05) is 6.42 Å². The quantitative estimate of drug-likeness (QED) is 0.817. The van der Waals surface area contributed by atoms with Crippen LogP contribution in [0.1, 0.15) is 37.5 Å². The second-order valence-corrected chi connectivity index (χ2v) is 4.66. The van der Waals surface area contributed by atoms with Gasteiger partial charge in [-0.05, 0) is 19.8 Å². The summed E-state index contributed by atoms with van der Waals surface area (Å²) in [7, 11) is 0. The van der Waals surface area contributed by atoms with E-state index in [1.54, 1.807) is 0 Å². The van der Waals surface area contributed by atoms with E-state index in [1.807, 2.05) is 11.5 Å². The third-order valence-electron chi connectivity index (χ3n) is 3.49. The van der Waals surface area contributed by atoms with Crippen LogP contribution in [-0.4, -0.2) is 25.3 Å². The lowest BCUT2D eigenvalue weighted by Gasteiger charge is -2.23. The standard InChI is InChI=1S/C12H14N4O2/c1-7-15-10-11(13-6-14-12(10)18)16(7)8-4-2-3-5-9(8)17/h6,8H,2-5H2,1H3,(H,13,14,18). The van der Waals surface area contributed by atoms with Gasteiger partial charge in [-0.15, -0.1) is 0 Å². The number of hydrogen-bond acceptors (Lipinski definition) is 4. The molecule has 1 N–H and O–H groups in total. The normalized spacial score (nSPS) is 20.5. The first-order valence-corrected chi connectivity index (χ1v) is 6.13. The van der Waals surface area contributed by atoms with Crippen LogP contribution < -0.4 is 5.56 Å². The number of H-pyrrole nitrogens is 1. The van der Waals surface area contributed by atoms with Gasteiger partial charge in [0.05, 0.1) is 12.4 Å². The van der Waals surface area contributed by atoms with Crippen LogP contribution in [0.4, 0.5) is 0 Å². The van der Waals surface area contributed by atoms with Crippen molar-refractivity contribution in [3.63, 3.8) is 0 Å². The summed E-state index contributed by atoms with van der Waals surface area (Å²) < 4.78 is 1.81. The molecule has 0 amide bonds. The molecular weight excluding hydrogens is 232 g/mol. The highest BCUT2D eigenvalue weighted by Gasteiger charge is 2.27. The zero-order valence-electron chi connectivity index (χ0n) is 10.1. The number of carbonyl (C=O) groups is 1. The van der Waals surface area contributed by atoms with E-state index < -0.39 is 0 Å². The first kappa shape index (κ1) is 11.1. The minimum atomic E-state index is -0.259. The Labute approximate surface area is 103 Å². The van der Waals surface area contributed by atoms with E-state index in [9.17, 15) is 9.59 Å². The van der Waals surface area contributed by atoms with Crippen LogP contribution in [0.3, 0.4) is 0 Å². The molecule has 3 rings (SSSR count). The Morgan fingerprint density at radius 2 is 2.22 bits per heavy atom. The summed E-state index contributed by atoms with van der Waals surface area (Å²) >= 11 is 0. The van der Waals surface area contributed by atoms with Crippen LogP contribution >= 0.6 is 0 Å². The molecule has 6 nitrogen and oxygen atoms in total. The van der Waals surface area contributed by atoms with Gasteiger partial charge in [0.25, 0.3) is 5.56 Å². The molecule has 2 aromatic heterocycles. The van der Waals surface area contributed by atoms with Gasteiger partial charge in [0.2, 0.25) is 0 Å². The molecule has 18 heavy (non-hydrogen) atoms. The largest absolute Gasteiger partial charge is 0.311 e. The van der Waals surface area contributed by atoms with Gasteiger partial charge >= 0.3 is 0 Å². The maximum atomic E-state index is 12.0. The summed E-state index contributed by atoms with van der Waals surface area (Å²) in [4.78, 5) is 34.6. The summed E-state index contributed by atoms with van der Waals surface area (Å²) in [5.41, 5.74) is 0.565. The number of nitrogens with one attached hydrogen (secondary N) is 1. The number of aromatic nitrogens is 4. The molecule has 1 atom stereocenters. The summed E-state index contributed by atoms with van der Waals surface area (Å²) in [6, 6.07) is -0.210. The molecular formula is C12H14N4O2. The fourth-order valence-electron chi connectivity index (χ4n) is 2.64. The number of fused-ring (bicyclic) bond motifs is 1. The van der Waals surface area contributed by atoms with Gasteiger partial charge in [-0.3, -0.25) is 9.59 Å². The van der Waals surface area contributed by atoms with Gasteiger partial charge < -0.3 is 9.55 Å². The second kappa shape index (κ2) is 4.04. The zero-order chi connectivity index (χ0) is 12.7. The lowest BCUT2D eigenvalue weighted by Crippen LogP contribution is -2.24. The van der Waals surface area contributed by atoms with Crippen molar-refractivity contribution in [1.29, 1.82) is 0 Å². The van der Waals surface area contributed by atoms with Gasteiger partial charge in [0.15, 0.2) is 16.9 Å². The van der Waals surface area contributed by atoms with Crippen LogP contribution in [0.2, 0.25) is 0 Å². The van der Waals surface area contributed by atoms with Crippen molar-refractivity contribution in [3.05, 3.63) is 22.5 Å². The van der Waals surface area contributed by atoms with E-state index in [2.05, 4.69) is 15.0 Å². The van der Waals surface area contributed by atoms with Crippen LogP contribution in [0.5, 0.6) is 0 Å². The van der Waals surface area contributed by atoms with Crippen molar-refractivity contribution >= 4 is 16.9 Å². The second-order valence-electron chi connectivity index (χ2n) is 4.66.